The predicted octanol–water partition coefficient (Wildman–Crippen LogP) is 6.00. The van der Waals surface area contributed by atoms with Gasteiger partial charge in [0.05, 0.1) is 13.3 Å². The van der Waals surface area contributed by atoms with Gasteiger partial charge < -0.3 is 9.47 Å². The molecule has 0 aliphatic heterocycles. The minimum atomic E-state index is 0.310. The van der Waals surface area contributed by atoms with Crippen molar-refractivity contribution in [3.63, 3.8) is 0 Å². The zero-order valence-electron chi connectivity index (χ0n) is 18.3. The van der Waals surface area contributed by atoms with Crippen LogP contribution in [-0.2, 0) is 12.4 Å². The number of hydrogen-bond donors (Lipinski definition) is 0. The number of ether oxygens (including phenoxy) is 2. The van der Waals surface area contributed by atoms with Crippen LogP contribution in [0.4, 0.5) is 0 Å². The van der Waals surface area contributed by atoms with E-state index in [1.165, 1.54) is 5.56 Å². The van der Waals surface area contributed by atoms with E-state index in [9.17, 15) is 0 Å². The monoisotopic (exact) mass is 478 g/mol. The summed E-state index contributed by atoms with van der Waals surface area (Å²) in [7, 11) is 1.61. The summed E-state index contributed by atoms with van der Waals surface area (Å²) in [6, 6.07) is 23.5. The Labute approximate surface area is 202 Å². The van der Waals surface area contributed by atoms with E-state index in [4.69, 9.17) is 21.1 Å². The molecule has 0 saturated heterocycles. The summed E-state index contributed by atoms with van der Waals surface area (Å²) >= 11 is 7.87. The van der Waals surface area contributed by atoms with Gasteiger partial charge in [-0.1, -0.05) is 78.0 Å². The number of thioether (sulfide) groups is 1. The number of aromatic nitrogens is 3. The first-order chi connectivity index (χ1) is 16.2. The zero-order valence-corrected chi connectivity index (χ0v) is 19.9. The molecule has 8 heteroatoms. The van der Waals surface area contributed by atoms with Gasteiger partial charge >= 0.3 is 0 Å². The van der Waals surface area contributed by atoms with Crippen LogP contribution in [0, 0.1) is 6.92 Å². The molecule has 4 aromatic rings. The van der Waals surface area contributed by atoms with Gasteiger partial charge in [0.15, 0.2) is 17.3 Å². The van der Waals surface area contributed by atoms with E-state index in [1.54, 1.807) is 29.8 Å². The molecule has 0 amide bonds. The van der Waals surface area contributed by atoms with Crippen LogP contribution in [-0.4, -0.2) is 28.2 Å². The predicted molar refractivity (Wildman–Crippen MR) is 133 cm³/mol. The minimum Gasteiger partial charge on any atom is -0.493 e. The van der Waals surface area contributed by atoms with Crippen molar-refractivity contribution >= 4 is 29.6 Å². The lowest BCUT2D eigenvalue weighted by Gasteiger charge is -2.14. The van der Waals surface area contributed by atoms with E-state index in [0.717, 1.165) is 16.9 Å². The third-order valence-corrected chi connectivity index (χ3v) is 6.21. The molecule has 0 atom stereocenters. The molecule has 3 aromatic carbocycles. The third kappa shape index (κ3) is 5.74. The molecule has 0 radical (unpaired) electrons. The quantitative estimate of drug-likeness (QED) is 0.218. The van der Waals surface area contributed by atoms with Crippen molar-refractivity contribution in [2.75, 3.05) is 7.11 Å². The fourth-order valence-electron chi connectivity index (χ4n) is 3.12. The normalized spacial score (nSPS) is 11.1. The Balaban J connectivity index is 1.56. The second-order valence-corrected chi connectivity index (χ2v) is 8.47. The van der Waals surface area contributed by atoms with E-state index >= 15 is 0 Å². The Hall–Kier alpha value is -3.29. The number of rotatable bonds is 9. The van der Waals surface area contributed by atoms with E-state index in [2.05, 4.69) is 27.4 Å². The Morgan fingerprint density at radius 2 is 1.79 bits per heavy atom. The summed E-state index contributed by atoms with van der Waals surface area (Å²) < 4.78 is 13.4. The molecular weight excluding hydrogens is 456 g/mol. The summed E-state index contributed by atoms with van der Waals surface area (Å²) in [6.45, 7) is 2.18. The molecule has 168 valence electrons. The summed E-state index contributed by atoms with van der Waals surface area (Å²) in [5.74, 6) is 2.68. The van der Waals surface area contributed by atoms with E-state index in [1.807, 2.05) is 67.6 Å². The van der Waals surface area contributed by atoms with Crippen molar-refractivity contribution in [3.05, 3.63) is 100 Å². The van der Waals surface area contributed by atoms with Crippen LogP contribution >= 0.6 is 23.4 Å². The topological polar surface area (TPSA) is 61.5 Å². The number of hydrogen-bond acceptors (Lipinski definition) is 6. The molecule has 0 spiro atoms. The lowest BCUT2D eigenvalue weighted by atomic mass is 10.2. The molecule has 1 aromatic heterocycles. The fraction of sp³-hybridized carbons (Fsp3) is 0.160. The number of methoxy groups -OCH3 is 1. The molecule has 33 heavy (non-hydrogen) atoms. The van der Waals surface area contributed by atoms with E-state index < -0.39 is 0 Å². The molecule has 0 bridgehead atoms. The molecule has 0 saturated carbocycles. The van der Waals surface area contributed by atoms with Crippen molar-refractivity contribution in [3.8, 4) is 11.5 Å². The lowest BCUT2D eigenvalue weighted by Crippen LogP contribution is -2.02. The van der Waals surface area contributed by atoms with Crippen LogP contribution in [0.5, 0.6) is 11.5 Å². The number of para-hydroxylation sites is 1. The van der Waals surface area contributed by atoms with Gasteiger partial charge in [0.2, 0.25) is 5.16 Å². The smallest absolute Gasteiger partial charge is 0.212 e. The van der Waals surface area contributed by atoms with Gasteiger partial charge in [-0.2, -0.15) is 9.78 Å². The second-order valence-electron chi connectivity index (χ2n) is 7.12. The molecule has 0 fully saturated rings. The molecule has 4 rings (SSSR count). The molecule has 0 aliphatic rings. The van der Waals surface area contributed by atoms with E-state index in [0.29, 0.717) is 34.1 Å². The maximum absolute atomic E-state index is 6.28. The van der Waals surface area contributed by atoms with Crippen molar-refractivity contribution in [1.29, 1.82) is 0 Å². The van der Waals surface area contributed by atoms with Crippen LogP contribution < -0.4 is 9.47 Å². The Morgan fingerprint density at radius 1 is 1.00 bits per heavy atom. The summed E-state index contributed by atoms with van der Waals surface area (Å²) in [5.41, 5.74) is 2.87. The standard InChI is InChI=1S/C25H23ClN4O2S/c1-18-28-29-25(33-17-19-9-4-3-5-10-19)30(18)27-15-20-12-8-14-23(31-2)24(20)32-16-21-11-6-7-13-22(21)26/h3-15H,16-17H2,1-2H3/b27-15+. The number of benzene rings is 3. The molecular formula is C25H23ClN4O2S. The first-order valence-electron chi connectivity index (χ1n) is 10.3. The van der Waals surface area contributed by atoms with Gasteiger partial charge in [-0.05, 0) is 30.7 Å². The molecule has 0 aliphatic carbocycles. The van der Waals surface area contributed by atoms with Crippen LogP contribution in [0.15, 0.2) is 83.1 Å². The van der Waals surface area contributed by atoms with Gasteiger partial charge in [-0.15, -0.1) is 10.2 Å². The fourth-order valence-corrected chi connectivity index (χ4v) is 4.20. The molecule has 0 unspecified atom stereocenters. The Kier molecular flexibility index (Phi) is 7.65. The average molecular weight is 479 g/mol. The van der Waals surface area contributed by atoms with Crippen LogP contribution in [0.2, 0.25) is 5.02 Å². The zero-order chi connectivity index (χ0) is 23.0. The van der Waals surface area contributed by atoms with Crippen LogP contribution in [0.1, 0.15) is 22.5 Å². The molecule has 0 N–H and O–H groups in total. The highest BCUT2D eigenvalue weighted by atomic mass is 35.5. The van der Waals surface area contributed by atoms with Crippen molar-refractivity contribution in [2.24, 2.45) is 5.10 Å². The number of nitrogens with zero attached hydrogens (tertiary/aromatic N) is 4. The lowest BCUT2D eigenvalue weighted by molar-refractivity contribution is 0.284. The second kappa shape index (κ2) is 11.0. The Morgan fingerprint density at radius 3 is 2.58 bits per heavy atom. The number of halogens is 1. The number of aryl methyl sites for hydroxylation is 1. The van der Waals surface area contributed by atoms with Gasteiger partial charge in [0.25, 0.3) is 0 Å². The average Bonchev–Trinajstić information content (AvgIpc) is 3.20. The summed E-state index contributed by atoms with van der Waals surface area (Å²) in [6.07, 6.45) is 1.73. The summed E-state index contributed by atoms with van der Waals surface area (Å²) in [5, 5.41) is 14.5. The highest BCUT2D eigenvalue weighted by molar-refractivity contribution is 7.98. The largest absolute Gasteiger partial charge is 0.493 e. The molecule has 1 heterocycles. The van der Waals surface area contributed by atoms with Crippen LogP contribution in [0.25, 0.3) is 0 Å². The maximum Gasteiger partial charge on any atom is 0.212 e. The van der Waals surface area contributed by atoms with Gasteiger partial charge in [0, 0.05) is 21.9 Å². The highest BCUT2D eigenvalue weighted by Gasteiger charge is 2.13. The van der Waals surface area contributed by atoms with Gasteiger partial charge in [-0.3, -0.25) is 0 Å². The van der Waals surface area contributed by atoms with Crippen molar-refractivity contribution in [2.45, 2.75) is 24.4 Å². The van der Waals surface area contributed by atoms with Gasteiger partial charge in [0.1, 0.15) is 6.61 Å². The van der Waals surface area contributed by atoms with Crippen molar-refractivity contribution < 1.29 is 9.47 Å². The third-order valence-electron chi connectivity index (χ3n) is 4.85. The SMILES string of the molecule is COc1cccc(/C=N/n2c(C)nnc2SCc2ccccc2)c1OCc1ccccc1Cl. The Bertz CT molecular complexity index is 1240. The maximum atomic E-state index is 6.28. The summed E-state index contributed by atoms with van der Waals surface area (Å²) in [4.78, 5) is 0. The van der Waals surface area contributed by atoms with Crippen molar-refractivity contribution in [1.82, 2.24) is 14.9 Å². The highest BCUT2D eigenvalue weighted by Crippen LogP contribution is 2.32. The van der Waals surface area contributed by atoms with Crippen LogP contribution in [0.3, 0.4) is 0 Å². The first kappa shape index (κ1) is 22.9. The van der Waals surface area contributed by atoms with Gasteiger partial charge in [-0.25, -0.2) is 0 Å². The minimum absolute atomic E-state index is 0.310. The molecule has 6 nitrogen and oxygen atoms in total. The van der Waals surface area contributed by atoms with E-state index in [-0.39, 0.29) is 0 Å². The first-order valence-corrected chi connectivity index (χ1v) is 11.7.